The van der Waals surface area contributed by atoms with Crippen LogP contribution in [0.3, 0.4) is 0 Å². The molecule has 3 aromatic carbocycles. The lowest BCUT2D eigenvalue weighted by Gasteiger charge is -2.38. The number of benzene rings is 3. The predicted octanol–water partition coefficient (Wildman–Crippen LogP) is 6.28. The standard InChI is InChI=1S/C32H39NO8/c1-36-31(26-11-10-23-7-2-3-8-25(23)21-26)40-29-22-33(41-32(34)35)17-16-28(29)24-12-14-27(15-13-24)37-19-6-20-39-30-9-4-5-18-38-30/h2-3,7-8,10-15,21,28-31H,4-6,9,16-20,22H2,1H3,(H,34,35). The van der Waals surface area contributed by atoms with Crippen molar-refractivity contribution in [3.05, 3.63) is 77.9 Å². The number of nitrogens with zero attached hydrogens (tertiary/aromatic N) is 1. The van der Waals surface area contributed by atoms with Crippen LogP contribution in [0.4, 0.5) is 4.79 Å². The minimum Gasteiger partial charge on any atom is -0.494 e. The molecule has 0 aromatic heterocycles. The van der Waals surface area contributed by atoms with E-state index in [4.69, 9.17) is 28.5 Å². The molecule has 3 aromatic rings. The van der Waals surface area contributed by atoms with E-state index >= 15 is 0 Å². The normalized spacial score (nSPS) is 22.3. The van der Waals surface area contributed by atoms with Gasteiger partial charge >= 0.3 is 6.16 Å². The molecule has 9 nitrogen and oxygen atoms in total. The van der Waals surface area contributed by atoms with Gasteiger partial charge < -0.3 is 33.6 Å². The number of hydroxylamine groups is 2. The number of carbonyl (C=O) groups is 1. The topological polar surface area (TPSA) is 95.9 Å². The fourth-order valence-electron chi connectivity index (χ4n) is 5.50. The Morgan fingerprint density at radius 1 is 1.02 bits per heavy atom. The van der Waals surface area contributed by atoms with Crippen molar-refractivity contribution < 1.29 is 38.4 Å². The second-order valence-corrected chi connectivity index (χ2v) is 10.4. The molecule has 1 N–H and O–H groups in total. The fourth-order valence-corrected chi connectivity index (χ4v) is 5.50. The largest absolute Gasteiger partial charge is 0.525 e. The maximum atomic E-state index is 11.2. The van der Waals surface area contributed by atoms with Crippen molar-refractivity contribution in [1.82, 2.24) is 5.06 Å². The first-order valence-electron chi connectivity index (χ1n) is 14.4. The van der Waals surface area contributed by atoms with Crippen LogP contribution in [0.2, 0.25) is 0 Å². The van der Waals surface area contributed by atoms with Crippen LogP contribution >= 0.6 is 0 Å². The van der Waals surface area contributed by atoms with Crippen molar-refractivity contribution in [2.24, 2.45) is 0 Å². The SMILES string of the molecule is COC(OC1CN(OC(=O)O)CCC1c1ccc(OCCCOC2CCCCO2)cc1)c1ccc2ccccc2c1. The fraction of sp³-hybridized carbons (Fsp3) is 0.469. The molecule has 220 valence electrons. The van der Waals surface area contributed by atoms with Crippen LogP contribution in [0.25, 0.3) is 10.8 Å². The molecule has 2 saturated heterocycles. The summed E-state index contributed by atoms with van der Waals surface area (Å²) in [4.78, 5) is 16.2. The van der Waals surface area contributed by atoms with Gasteiger partial charge in [0.15, 0.2) is 12.6 Å². The van der Waals surface area contributed by atoms with Gasteiger partial charge in [-0.1, -0.05) is 48.5 Å². The van der Waals surface area contributed by atoms with Crippen LogP contribution in [-0.2, 0) is 23.8 Å². The van der Waals surface area contributed by atoms with E-state index in [0.717, 1.165) is 59.9 Å². The maximum Gasteiger partial charge on any atom is 0.525 e. The van der Waals surface area contributed by atoms with E-state index < -0.39 is 12.4 Å². The summed E-state index contributed by atoms with van der Waals surface area (Å²) in [6.07, 6.45) is 2.26. The van der Waals surface area contributed by atoms with Gasteiger partial charge in [-0.25, -0.2) is 4.79 Å². The number of rotatable bonds is 12. The highest BCUT2D eigenvalue weighted by Gasteiger charge is 2.35. The quantitative estimate of drug-likeness (QED) is 0.201. The van der Waals surface area contributed by atoms with Crippen molar-refractivity contribution in [3.63, 3.8) is 0 Å². The number of carboxylic acid groups (broad SMARTS) is 1. The second-order valence-electron chi connectivity index (χ2n) is 10.4. The summed E-state index contributed by atoms with van der Waals surface area (Å²) in [6.45, 7) is 2.70. The van der Waals surface area contributed by atoms with Gasteiger partial charge in [-0.3, -0.25) is 0 Å². The number of ether oxygens (including phenoxy) is 5. The third-order valence-corrected chi connectivity index (χ3v) is 7.59. The molecule has 0 bridgehead atoms. The summed E-state index contributed by atoms with van der Waals surface area (Å²) < 4.78 is 29.6. The molecule has 0 aliphatic carbocycles. The number of hydrogen-bond donors (Lipinski definition) is 1. The highest BCUT2D eigenvalue weighted by atomic mass is 16.8. The van der Waals surface area contributed by atoms with E-state index in [1.807, 2.05) is 48.5 Å². The summed E-state index contributed by atoms with van der Waals surface area (Å²) in [6, 6.07) is 22.3. The molecule has 2 aliphatic rings. The molecule has 0 saturated carbocycles. The predicted molar refractivity (Wildman–Crippen MR) is 153 cm³/mol. The van der Waals surface area contributed by atoms with Gasteiger partial charge in [0.1, 0.15) is 5.75 Å². The van der Waals surface area contributed by atoms with E-state index in [9.17, 15) is 9.90 Å². The van der Waals surface area contributed by atoms with Crippen molar-refractivity contribution in [2.45, 2.75) is 56.7 Å². The van der Waals surface area contributed by atoms with Crippen molar-refractivity contribution in [1.29, 1.82) is 0 Å². The molecule has 4 atom stereocenters. The molecule has 2 heterocycles. The van der Waals surface area contributed by atoms with Crippen molar-refractivity contribution in [2.75, 3.05) is 40.0 Å². The average molecular weight is 566 g/mol. The van der Waals surface area contributed by atoms with E-state index in [1.165, 1.54) is 5.06 Å². The summed E-state index contributed by atoms with van der Waals surface area (Å²) in [7, 11) is 1.61. The van der Waals surface area contributed by atoms with Gasteiger partial charge in [-0.05, 0) is 60.2 Å². The Labute approximate surface area is 240 Å². The van der Waals surface area contributed by atoms with Crippen molar-refractivity contribution in [3.8, 4) is 5.75 Å². The molecule has 2 aliphatic heterocycles. The Morgan fingerprint density at radius 2 is 1.85 bits per heavy atom. The molecule has 4 unspecified atom stereocenters. The molecular formula is C32H39NO8. The van der Waals surface area contributed by atoms with Crippen LogP contribution in [0.5, 0.6) is 5.75 Å². The summed E-state index contributed by atoms with van der Waals surface area (Å²) in [5.41, 5.74) is 1.98. The highest BCUT2D eigenvalue weighted by Crippen LogP contribution is 2.35. The number of methoxy groups -OCH3 is 1. The third-order valence-electron chi connectivity index (χ3n) is 7.59. The first kappa shape index (κ1) is 29.3. The Morgan fingerprint density at radius 3 is 2.61 bits per heavy atom. The van der Waals surface area contributed by atoms with Gasteiger partial charge in [-0.15, -0.1) is 5.06 Å². The van der Waals surface area contributed by atoms with Gasteiger partial charge in [0, 0.05) is 38.2 Å². The molecule has 41 heavy (non-hydrogen) atoms. The first-order chi connectivity index (χ1) is 20.1. The van der Waals surface area contributed by atoms with Crippen molar-refractivity contribution >= 4 is 16.9 Å². The smallest absolute Gasteiger partial charge is 0.494 e. The van der Waals surface area contributed by atoms with E-state index in [1.54, 1.807) is 7.11 Å². The van der Waals surface area contributed by atoms with Gasteiger partial charge in [-0.2, -0.15) is 0 Å². The summed E-state index contributed by atoms with van der Waals surface area (Å²) in [5.74, 6) is 0.803. The zero-order valence-corrected chi connectivity index (χ0v) is 23.5. The van der Waals surface area contributed by atoms with Crippen LogP contribution in [-0.4, -0.2) is 68.7 Å². The zero-order chi connectivity index (χ0) is 28.4. The molecule has 0 amide bonds. The van der Waals surface area contributed by atoms with Crippen LogP contribution < -0.4 is 4.74 Å². The Balaban J connectivity index is 1.21. The lowest BCUT2D eigenvalue weighted by atomic mass is 9.87. The minimum absolute atomic E-state index is 0.0136. The molecule has 9 heteroatoms. The van der Waals surface area contributed by atoms with Crippen LogP contribution in [0, 0.1) is 0 Å². The van der Waals surface area contributed by atoms with E-state index in [-0.39, 0.29) is 24.9 Å². The van der Waals surface area contributed by atoms with E-state index in [2.05, 4.69) is 18.2 Å². The zero-order valence-electron chi connectivity index (χ0n) is 23.5. The van der Waals surface area contributed by atoms with Crippen LogP contribution in [0.15, 0.2) is 66.7 Å². The summed E-state index contributed by atoms with van der Waals surface area (Å²) >= 11 is 0. The minimum atomic E-state index is -1.34. The highest BCUT2D eigenvalue weighted by molar-refractivity contribution is 5.83. The lowest BCUT2D eigenvalue weighted by Crippen LogP contribution is -2.45. The molecule has 0 radical (unpaired) electrons. The Hall–Kier alpha value is -3.21. The maximum absolute atomic E-state index is 11.2. The van der Waals surface area contributed by atoms with Gasteiger partial charge in [0.2, 0.25) is 0 Å². The van der Waals surface area contributed by atoms with Gasteiger partial charge in [0.05, 0.1) is 25.9 Å². The number of hydrogen-bond acceptors (Lipinski definition) is 8. The van der Waals surface area contributed by atoms with E-state index in [0.29, 0.717) is 26.2 Å². The second kappa shape index (κ2) is 14.6. The Kier molecular flexibility index (Phi) is 10.4. The lowest BCUT2D eigenvalue weighted by molar-refractivity contribution is -0.213. The monoisotopic (exact) mass is 565 g/mol. The average Bonchev–Trinajstić information content (AvgIpc) is 3.00. The van der Waals surface area contributed by atoms with Gasteiger partial charge in [0.25, 0.3) is 0 Å². The molecular weight excluding hydrogens is 526 g/mol. The molecule has 0 spiro atoms. The molecule has 5 rings (SSSR count). The Bertz CT molecular complexity index is 1250. The summed E-state index contributed by atoms with van der Waals surface area (Å²) in [5, 5.41) is 12.9. The number of fused-ring (bicyclic) bond motifs is 1. The van der Waals surface area contributed by atoms with Crippen LogP contribution in [0.1, 0.15) is 55.4 Å². The number of piperidine rings is 1. The third kappa shape index (κ3) is 8.18. The molecule has 2 fully saturated rings. The first-order valence-corrected chi connectivity index (χ1v) is 14.4.